The van der Waals surface area contributed by atoms with E-state index in [0.29, 0.717) is 0 Å². The molecule has 0 unspecified atom stereocenters. The van der Waals surface area contributed by atoms with Gasteiger partial charge in [-0.15, -0.1) is 0 Å². The second kappa shape index (κ2) is 11.2. The van der Waals surface area contributed by atoms with Crippen LogP contribution in [0.5, 0.6) is 0 Å². The van der Waals surface area contributed by atoms with Gasteiger partial charge in [-0.1, -0.05) is 152 Å². The van der Waals surface area contributed by atoms with Crippen LogP contribution in [0.4, 0.5) is 0 Å². The lowest BCUT2D eigenvalue weighted by atomic mass is 9.85. The zero-order chi connectivity index (χ0) is 35.3. The highest BCUT2D eigenvalue weighted by molar-refractivity contribution is 6.25. The minimum absolute atomic E-state index is 0.833. The first-order valence-electron chi connectivity index (χ1n) is 18.5. The summed E-state index contributed by atoms with van der Waals surface area (Å²) in [6.45, 7) is 0. The molecule has 0 aliphatic carbocycles. The molecule has 2 aromatic heterocycles. The van der Waals surface area contributed by atoms with E-state index in [1.807, 2.05) is 18.2 Å². The molecule has 0 N–H and O–H groups in total. The fourth-order valence-corrected chi connectivity index (χ4v) is 9.01. The second-order valence-electron chi connectivity index (χ2n) is 14.4. The Morgan fingerprint density at radius 1 is 0.259 bits per heavy atom. The first-order chi connectivity index (χ1) is 26.8. The third-order valence-electron chi connectivity index (χ3n) is 11.4. The van der Waals surface area contributed by atoms with Gasteiger partial charge in [-0.25, -0.2) is 0 Å². The number of furan rings is 2. The molecule has 0 bridgehead atoms. The molecule has 0 aliphatic rings. The molecule has 0 atom stereocenters. The molecule has 0 aliphatic heterocycles. The fourth-order valence-electron chi connectivity index (χ4n) is 9.01. The molecule has 2 nitrogen and oxygen atoms in total. The number of hydrogen-bond acceptors (Lipinski definition) is 2. The molecule has 0 amide bonds. The maximum Gasteiger partial charge on any atom is 0.139 e. The predicted molar refractivity (Wildman–Crippen MR) is 227 cm³/mol. The van der Waals surface area contributed by atoms with Gasteiger partial charge in [0.25, 0.3) is 0 Å². The van der Waals surface area contributed by atoms with E-state index in [9.17, 15) is 0 Å². The van der Waals surface area contributed by atoms with Crippen LogP contribution in [0.3, 0.4) is 0 Å². The number of fused-ring (bicyclic) bond motifs is 11. The molecule has 54 heavy (non-hydrogen) atoms. The highest BCUT2D eigenvalue weighted by Crippen LogP contribution is 2.46. The van der Waals surface area contributed by atoms with Gasteiger partial charge in [-0.2, -0.15) is 0 Å². The molecule has 0 radical (unpaired) electrons. The summed E-state index contributed by atoms with van der Waals surface area (Å²) in [6.07, 6.45) is 0. The molecular weight excluding hydrogens is 657 g/mol. The van der Waals surface area contributed by atoms with Crippen molar-refractivity contribution >= 4 is 87.0 Å². The van der Waals surface area contributed by atoms with Crippen LogP contribution in [0.15, 0.2) is 191 Å². The van der Waals surface area contributed by atoms with Crippen LogP contribution in [0, 0.1) is 0 Å². The van der Waals surface area contributed by atoms with Crippen molar-refractivity contribution in [3.05, 3.63) is 182 Å². The average Bonchev–Trinajstić information content (AvgIpc) is 3.78. The van der Waals surface area contributed by atoms with Crippen LogP contribution in [-0.4, -0.2) is 0 Å². The van der Waals surface area contributed by atoms with E-state index >= 15 is 0 Å². The first-order valence-corrected chi connectivity index (χ1v) is 18.5. The van der Waals surface area contributed by atoms with Crippen molar-refractivity contribution in [1.82, 2.24) is 0 Å². The summed E-state index contributed by atoms with van der Waals surface area (Å²) in [4.78, 5) is 0. The van der Waals surface area contributed by atoms with E-state index in [2.05, 4.69) is 164 Å². The van der Waals surface area contributed by atoms with Gasteiger partial charge in [0.1, 0.15) is 22.3 Å². The second-order valence-corrected chi connectivity index (χ2v) is 14.4. The molecule has 0 fully saturated rings. The van der Waals surface area contributed by atoms with Gasteiger partial charge >= 0.3 is 0 Å². The topological polar surface area (TPSA) is 26.3 Å². The summed E-state index contributed by atoms with van der Waals surface area (Å²) in [5, 5.41) is 14.4. The lowest BCUT2D eigenvalue weighted by Crippen LogP contribution is -1.91. The third-order valence-corrected chi connectivity index (χ3v) is 11.4. The number of para-hydroxylation sites is 1. The van der Waals surface area contributed by atoms with Gasteiger partial charge in [0.05, 0.1) is 0 Å². The molecule has 0 saturated heterocycles. The molecule has 0 saturated carbocycles. The summed E-state index contributed by atoms with van der Waals surface area (Å²) < 4.78 is 12.9. The maximum atomic E-state index is 6.63. The minimum atomic E-state index is 0.833. The Labute approximate surface area is 310 Å². The predicted octanol–water partition coefficient (Wildman–Crippen LogP) is 15.1. The largest absolute Gasteiger partial charge is 0.456 e. The Balaban J connectivity index is 1.04. The number of rotatable bonds is 3. The highest BCUT2D eigenvalue weighted by Gasteiger charge is 2.20. The molecule has 12 aromatic rings. The van der Waals surface area contributed by atoms with Crippen molar-refractivity contribution in [2.24, 2.45) is 0 Å². The molecule has 10 aromatic carbocycles. The Morgan fingerprint density at radius 3 is 1.50 bits per heavy atom. The van der Waals surface area contributed by atoms with E-state index < -0.39 is 0 Å². The third kappa shape index (κ3) is 4.22. The Morgan fingerprint density at radius 2 is 0.778 bits per heavy atom. The zero-order valence-electron chi connectivity index (χ0n) is 29.1. The van der Waals surface area contributed by atoms with Crippen molar-refractivity contribution in [2.45, 2.75) is 0 Å². The number of hydrogen-bond donors (Lipinski definition) is 0. The SMILES string of the molecule is c1ccc2cc(-c3c4ccccc4c(-c4ccc(-c5cc6oc7cc8oc9ccccc9c8cc7c6c6ccccc56)cc4)c4ccccc34)ccc2c1. The van der Waals surface area contributed by atoms with Gasteiger partial charge in [-0.05, 0) is 101 Å². The lowest BCUT2D eigenvalue weighted by Gasteiger charge is -2.18. The quantitative estimate of drug-likeness (QED) is 0.173. The van der Waals surface area contributed by atoms with Gasteiger partial charge in [-0.3, -0.25) is 0 Å². The van der Waals surface area contributed by atoms with E-state index in [0.717, 1.165) is 55.0 Å². The Kier molecular flexibility index (Phi) is 6.09. The minimum Gasteiger partial charge on any atom is -0.456 e. The van der Waals surface area contributed by atoms with Crippen LogP contribution in [-0.2, 0) is 0 Å². The molecular formula is C52H30O2. The van der Waals surface area contributed by atoms with E-state index in [1.54, 1.807) is 0 Å². The molecule has 2 heteroatoms. The fraction of sp³-hybridized carbons (Fsp3) is 0. The van der Waals surface area contributed by atoms with Crippen LogP contribution in [0.25, 0.3) is 120 Å². The van der Waals surface area contributed by atoms with E-state index in [-0.39, 0.29) is 0 Å². The van der Waals surface area contributed by atoms with Gasteiger partial charge in [0.2, 0.25) is 0 Å². The van der Waals surface area contributed by atoms with E-state index in [1.165, 1.54) is 65.3 Å². The molecule has 250 valence electrons. The Bertz CT molecular complexity index is 3430. The zero-order valence-corrected chi connectivity index (χ0v) is 29.1. The summed E-state index contributed by atoms with van der Waals surface area (Å²) >= 11 is 0. The smallest absolute Gasteiger partial charge is 0.139 e. The molecule has 2 heterocycles. The summed E-state index contributed by atoms with van der Waals surface area (Å²) in [6, 6.07) is 65.7. The highest BCUT2D eigenvalue weighted by atomic mass is 16.3. The number of benzene rings is 10. The standard InChI is InChI=1S/C52H30O2/c1-2-12-34-27-35(26-21-31(34)11-1)51-41-18-7-5-16-39(41)50(40-17-6-8-19-42(40)51)33-24-22-32(23-25-33)43-29-49-52(38-15-4-3-13-36(38)43)45-28-44-37-14-9-10-20-46(37)53-47(44)30-48(45)54-49/h1-30H. The van der Waals surface area contributed by atoms with Crippen molar-refractivity contribution < 1.29 is 8.83 Å². The summed E-state index contributed by atoms with van der Waals surface area (Å²) in [5.74, 6) is 0. The lowest BCUT2D eigenvalue weighted by molar-refractivity contribution is 0.656. The van der Waals surface area contributed by atoms with Crippen LogP contribution in [0.2, 0.25) is 0 Å². The van der Waals surface area contributed by atoms with Crippen molar-refractivity contribution in [1.29, 1.82) is 0 Å². The van der Waals surface area contributed by atoms with Crippen molar-refractivity contribution in [3.63, 3.8) is 0 Å². The average molecular weight is 687 g/mol. The van der Waals surface area contributed by atoms with Gasteiger partial charge in [0.15, 0.2) is 0 Å². The maximum absolute atomic E-state index is 6.63. The molecule has 12 rings (SSSR count). The molecule has 0 spiro atoms. The van der Waals surface area contributed by atoms with E-state index in [4.69, 9.17) is 8.83 Å². The van der Waals surface area contributed by atoms with Gasteiger partial charge < -0.3 is 8.83 Å². The first kappa shape index (κ1) is 29.4. The van der Waals surface area contributed by atoms with Crippen molar-refractivity contribution in [3.8, 4) is 33.4 Å². The van der Waals surface area contributed by atoms with Crippen LogP contribution >= 0.6 is 0 Å². The summed E-state index contributed by atoms with van der Waals surface area (Å²) in [5.41, 5.74) is 10.7. The Hall–Kier alpha value is -7.16. The van der Waals surface area contributed by atoms with Crippen LogP contribution < -0.4 is 0 Å². The summed E-state index contributed by atoms with van der Waals surface area (Å²) in [7, 11) is 0. The monoisotopic (exact) mass is 686 g/mol. The van der Waals surface area contributed by atoms with Gasteiger partial charge in [0, 0.05) is 27.6 Å². The normalized spacial score (nSPS) is 12.1. The van der Waals surface area contributed by atoms with Crippen LogP contribution in [0.1, 0.15) is 0 Å². The van der Waals surface area contributed by atoms with Crippen molar-refractivity contribution in [2.75, 3.05) is 0 Å².